The first-order valence-corrected chi connectivity index (χ1v) is 8.11. The minimum Gasteiger partial charge on any atom is -0.326 e. The number of nitrogens with two attached hydrogens (primary N) is 1. The van der Waals surface area contributed by atoms with Crippen LogP contribution in [0.1, 0.15) is 18.4 Å². The van der Waals surface area contributed by atoms with Gasteiger partial charge in [0.05, 0.1) is 4.90 Å². The van der Waals surface area contributed by atoms with Gasteiger partial charge in [0.15, 0.2) is 0 Å². The SMILES string of the molecule is CN1CCCC1CNS(=O)(=O)c1cccc(F)c1CN. The summed E-state index contributed by atoms with van der Waals surface area (Å²) in [6.45, 7) is 1.16. The average molecular weight is 301 g/mol. The molecule has 0 aromatic heterocycles. The molecule has 0 bridgehead atoms. The Balaban J connectivity index is 2.16. The van der Waals surface area contributed by atoms with E-state index in [1.807, 2.05) is 7.05 Å². The summed E-state index contributed by atoms with van der Waals surface area (Å²) in [7, 11) is -1.76. The lowest BCUT2D eigenvalue weighted by Crippen LogP contribution is -2.38. The highest BCUT2D eigenvalue weighted by Crippen LogP contribution is 2.19. The fourth-order valence-electron chi connectivity index (χ4n) is 2.51. The standard InChI is InChI=1S/C13H20FN3O2S/c1-17-7-3-4-10(17)9-16-20(18,19)13-6-2-5-12(14)11(13)8-15/h2,5-6,10,16H,3-4,7-9,15H2,1H3. The van der Waals surface area contributed by atoms with Crippen molar-refractivity contribution in [3.63, 3.8) is 0 Å². The summed E-state index contributed by atoms with van der Waals surface area (Å²) in [5, 5.41) is 0. The second-order valence-corrected chi connectivity index (χ2v) is 6.78. The molecule has 0 spiro atoms. The predicted molar refractivity (Wildman–Crippen MR) is 75.1 cm³/mol. The molecule has 0 aliphatic carbocycles. The minimum atomic E-state index is -3.73. The van der Waals surface area contributed by atoms with Gasteiger partial charge in [-0.05, 0) is 38.6 Å². The molecule has 1 aromatic carbocycles. The number of nitrogens with zero attached hydrogens (tertiary/aromatic N) is 1. The van der Waals surface area contributed by atoms with Crippen LogP contribution in [-0.4, -0.2) is 39.5 Å². The molecule has 1 aliphatic rings. The summed E-state index contributed by atoms with van der Waals surface area (Å²) in [6.07, 6.45) is 2.03. The molecule has 1 saturated heterocycles. The van der Waals surface area contributed by atoms with E-state index in [-0.39, 0.29) is 23.0 Å². The molecule has 20 heavy (non-hydrogen) atoms. The van der Waals surface area contributed by atoms with Gasteiger partial charge >= 0.3 is 0 Å². The van der Waals surface area contributed by atoms with Gasteiger partial charge in [0.25, 0.3) is 0 Å². The zero-order chi connectivity index (χ0) is 14.8. The number of likely N-dealkylation sites (N-methyl/N-ethyl adjacent to an activating group) is 1. The van der Waals surface area contributed by atoms with E-state index in [0.29, 0.717) is 6.54 Å². The third kappa shape index (κ3) is 3.17. The van der Waals surface area contributed by atoms with Crippen molar-refractivity contribution in [3.8, 4) is 0 Å². The van der Waals surface area contributed by atoms with Gasteiger partial charge in [-0.2, -0.15) is 0 Å². The van der Waals surface area contributed by atoms with Crippen LogP contribution < -0.4 is 10.5 Å². The Labute approximate surface area is 119 Å². The van der Waals surface area contributed by atoms with Crippen LogP contribution in [0.2, 0.25) is 0 Å². The van der Waals surface area contributed by atoms with Crippen LogP contribution in [0.5, 0.6) is 0 Å². The molecule has 0 amide bonds. The number of likely N-dealkylation sites (tertiary alicyclic amines) is 1. The Hall–Kier alpha value is -1.02. The quantitative estimate of drug-likeness (QED) is 0.837. The van der Waals surface area contributed by atoms with E-state index in [4.69, 9.17) is 5.73 Å². The van der Waals surface area contributed by atoms with E-state index in [1.165, 1.54) is 18.2 Å². The van der Waals surface area contributed by atoms with Gasteiger partial charge in [-0.25, -0.2) is 17.5 Å². The molecule has 7 heteroatoms. The Morgan fingerprint density at radius 2 is 2.25 bits per heavy atom. The number of nitrogens with one attached hydrogen (secondary N) is 1. The third-order valence-corrected chi connectivity index (χ3v) is 5.26. The first-order valence-electron chi connectivity index (χ1n) is 6.63. The highest BCUT2D eigenvalue weighted by molar-refractivity contribution is 7.89. The number of rotatable bonds is 5. The van der Waals surface area contributed by atoms with Crippen LogP contribution in [0.3, 0.4) is 0 Å². The maximum Gasteiger partial charge on any atom is 0.241 e. The van der Waals surface area contributed by atoms with E-state index in [1.54, 1.807) is 0 Å². The zero-order valence-corrected chi connectivity index (χ0v) is 12.3. The summed E-state index contributed by atoms with van der Waals surface area (Å²) < 4.78 is 40.7. The first kappa shape index (κ1) is 15.4. The number of hydrogen-bond acceptors (Lipinski definition) is 4. The third-order valence-electron chi connectivity index (χ3n) is 3.75. The van der Waals surface area contributed by atoms with E-state index < -0.39 is 15.8 Å². The predicted octanol–water partition coefficient (Wildman–Crippen LogP) is 0.657. The van der Waals surface area contributed by atoms with Crippen LogP contribution in [-0.2, 0) is 16.6 Å². The maximum atomic E-state index is 13.6. The molecule has 1 heterocycles. The molecule has 1 aliphatic heterocycles. The van der Waals surface area contributed by atoms with E-state index in [9.17, 15) is 12.8 Å². The number of halogens is 1. The van der Waals surface area contributed by atoms with Crippen LogP contribution in [0, 0.1) is 5.82 Å². The second kappa shape index (κ2) is 6.17. The summed E-state index contributed by atoms with van der Waals surface area (Å²) in [5.41, 5.74) is 5.48. The van der Waals surface area contributed by atoms with Gasteiger partial charge in [0.1, 0.15) is 5.82 Å². The monoisotopic (exact) mass is 301 g/mol. The number of sulfonamides is 1. The van der Waals surface area contributed by atoms with Crippen molar-refractivity contribution in [2.75, 3.05) is 20.1 Å². The van der Waals surface area contributed by atoms with Crippen LogP contribution >= 0.6 is 0 Å². The van der Waals surface area contributed by atoms with Crippen molar-refractivity contribution in [1.82, 2.24) is 9.62 Å². The summed E-state index contributed by atoms with van der Waals surface area (Å²) in [4.78, 5) is 2.05. The summed E-state index contributed by atoms with van der Waals surface area (Å²) in [6, 6.07) is 4.17. The van der Waals surface area contributed by atoms with Crippen LogP contribution in [0.15, 0.2) is 23.1 Å². The number of hydrogen-bond donors (Lipinski definition) is 2. The molecule has 1 unspecified atom stereocenters. The first-order chi connectivity index (χ1) is 9.45. The van der Waals surface area contributed by atoms with Crippen LogP contribution in [0.4, 0.5) is 4.39 Å². The topological polar surface area (TPSA) is 75.4 Å². The lowest BCUT2D eigenvalue weighted by atomic mass is 10.2. The van der Waals surface area contributed by atoms with E-state index in [0.717, 1.165) is 19.4 Å². The average Bonchev–Trinajstić information content (AvgIpc) is 2.82. The van der Waals surface area contributed by atoms with E-state index >= 15 is 0 Å². The van der Waals surface area contributed by atoms with Crippen molar-refractivity contribution in [3.05, 3.63) is 29.6 Å². The van der Waals surface area contributed by atoms with E-state index in [2.05, 4.69) is 9.62 Å². The molecule has 3 N–H and O–H groups in total. The van der Waals surface area contributed by atoms with Gasteiger partial charge in [-0.1, -0.05) is 6.07 Å². The van der Waals surface area contributed by atoms with Crippen molar-refractivity contribution in [2.45, 2.75) is 30.3 Å². The lowest BCUT2D eigenvalue weighted by Gasteiger charge is -2.20. The summed E-state index contributed by atoms with van der Waals surface area (Å²) >= 11 is 0. The molecule has 1 atom stereocenters. The fourth-order valence-corrected chi connectivity index (χ4v) is 3.84. The lowest BCUT2D eigenvalue weighted by molar-refractivity contribution is 0.311. The van der Waals surface area contributed by atoms with Gasteiger partial charge in [0.2, 0.25) is 10.0 Å². The summed E-state index contributed by atoms with van der Waals surface area (Å²) in [5.74, 6) is -0.589. The fraction of sp³-hybridized carbons (Fsp3) is 0.538. The second-order valence-electron chi connectivity index (χ2n) is 5.05. The zero-order valence-electron chi connectivity index (χ0n) is 11.5. The smallest absolute Gasteiger partial charge is 0.241 e. The molecule has 1 aromatic rings. The highest BCUT2D eigenvalue weighted by Gasteiger charge is 2.25. The molecular weight excluding hydrogens is 281 g/mol. The Morgan fingerprint density at radius 1 is 1.50 bits per heavy atom. The Kier molecular flexibility index (Phi) is 4.74. The molecule has 5 nitrogen and oxygen atoms in total. The van der Waals surface area contributed by atoms with Gasteiger partial charge in [-0.15, -0.1) is 0 Å². The molecule has 1 fully saturated rings. The van der Waals surface area contributed by atoms with Gasteiger partial charge in [0, 0.05) is 24.7 Å². The molecule has 0 radical (unpaired) electrons. The normalized spacial score (nSPS) is 20.4. The van der Waals surface area contributed by atoms with Gasteiger partial charge < -0.3 is 10.6 Å². The van der Waals surface area contributed by atoms with Crippen molar-refractivity contribution < 1.29 is 12.8 Å². The number of benzene rings is 1. The maximum absolute atomic E-state index is 13.6. The molecule has 112 valence electrons. The van der Waals surface area contributed by atoms with Crippen LogP contribution in [0.25, 0.3) is 0 Å². The Bertz CT molecular complexity index is 577. The Morgan fingerprint density at radius 3 is 2.85 bits per heavy atom. The molecule has 2 rings (SSSR count). The van der Waals surface area contributed by atoms with Crippen molar-refractivity contribution >= 4 is 10.0 Å². The van der Waals surface area contributed by atoms with Crippen molar-refractivity contribution in [1.29, 1.82) is 0 Å². The minimum absolute atomic E-state index is 0.0276. The van der Waals surface area contributed by atoms with Crippen molar-refractivity contribution in [2.24, 2.45) is 5.73 Å². The largest absolute Gasteiger partial charge is 0.326 e. The molecular formula is C13H20FN3O2S. The van der Waals surface area contributed by atoms with Gasteiger partial charge in [-0.3, -0.25) is 0 Å². The highest BCUT2D eigenvalue weighted by atomic mass is 32.2. The molecule has 0 saturated carbocycles.